The maximum absolute atomic E-state index is 13.9. The molecule has 0 radical (unpaired) electrons. The smallest absolute Gasteiger partial charge is 0.243 e. The number of benzene rings is 2. The topological polar surface area (TPSA) is 66.5 Å². The lowest BCUT2D eigenvalue weighted by Crippen LogP contribution is -2.51. The van der Waals surface area contributed by atoms with Gasteiger partial charge in [-0.3, -0.25) is 4.79 Å². The third-order valence-corrected chi connectivity index (χ3v) is 6.35. The van der Waals surface area contributed by atoms with Gasteiger partial charge in [0.1, 0.15) is 6.04 Å². The van der Waals surface area contributed by atoms with Gasteiger partial charge in [-0.2, -0.15) is 4.31 Å². The van der Waals surface area contributed by atoms with Crippen LogP contribution in [0.3, 0.4) is 0 Å². The van der Waals surface area contributed by atoms with Gasteiger partial charge in [0.25, 0.3) is 0 Å². The quantitative estimate of drug-likeness (QED) is 0.806. The van der Waals surface area contributed by atoms with E-state index in [0.29, 0.717) is 6.07 Å². The van der Waals surface area contributed by atoms with Gasteiger partial charge in [0.2, 0.25) is 15.9 Å². The normalized spacial score (nSPS) is 17.4. The van der Waals surface area contributed by atoms with Crippen LogP contribution in [0.2, 0.25) is 0 Å². The van der Waals surface area contributed by atoms with Crippen molar-refractivity contribution < 1.29 is 26.4 Å². The maximum Gasteiger partial charge on any atom is 0.243 e. The number of nitrogens with zero attached hydrogens (tertiary/aromatic N) is 1. The van der Waals surface area contributed by atoms with Crippen LogP contribution in [0.5, 0.6) is 0 Å². The van der Waals surface area contributed by atoms with Crippen molar-refractivity contribution in [3.8, 4) is 0 Å². The van der Waals surface area contributed by atoms with Gasteiger partial charge in [-0.1, -0.05) is 24.3 Å². The largest absolute Gasteiger partial charge is 0.322 e. The Labute approximate surface area is 154 Å². The summed E-state index contributed by atoms with van der Waals surface area (Å²) in [4.78, 5) is 12.7. The zero-order chi connectivity index (χ0) is 19.8. The highest BCUT2D eigenvalue weighted by molar-refractivity contribution is 7.89. The molecule has 1 aliphatic rings. The number of hydrogen-bond acceptors (Lipinski definition) is 3. The standard InChI is InChI=1S/C18H17F3N2O3S/c1-2-27(25,26)23-10-12-6-4-3-5-11(12)9-15(23)18(24)22-14-8-7-13(19)16(20)17(14)21/h3-8,15H,2,9-10H2,1H3,(H,22,24)/t15-/m0/s1. The van der Waals surface area contributed by atoms with Gasteiger partial charge in [0.05, 0.1) is 11.4 Å². The average molecular weight is 398 g/mol. The zero-order valence-electron chi connectivity index (χ0n) is 14.4. The van der Waals surface area contributed by atoms with E-state index in [1.54, 1.807) is 24.3 Å². The number of carbonyl (C=O) groups excluding carboxylic acids is 1. The second-order valence-electron chi connectivity index (χ2n) is 6.15. The lowest BCUT2D eigenvalue weighted by molar-refractivity contribution is -0.120. The summed E-state index contributed by atoms with van der Waals surface area (Å²) in [6.07, 6.45) is 0.0898. The summed E-state index contributed by atoms with van der Waals surface area (Å²) < 4.78 is 66.3. The van der Waals surface area contributed by atoms with Crippen molar-refractivity contribution in [2.75, 3.05) is 11.1 Å². The number of fused-ring (bicyclic) bond motifs is 1. The predicted octanol–water partition coefficient (Wildman–Crippen LogP) is 2.82. The zero-order valence-corrected chi connectivity index (χ0v) is 15.2. The molecule has 5 nitrogen and oxygen atoms in total. The molecule has 1 atom stereocenters. The van der Waals surface area contributed by atoms with Gasteiger partial charge in [-0.15, -0.1) is 0 Å². The molecule has 0 bridgehead atoms. The second-order valence-corrected chi connectivity index (χ2v) is 8.36. The molecule has 27 heavy (non-hydrogen) atoms. The molecule has 144 valence electrons. The Morgan fingerprint density at radius 3 is 2.44 bits per heavy atom. The molecule has 0 aliphatic carbocycles. The van der Waals surface area contributed by atoms with Gasteiger partial charge in [0, 0.05) is 6.54 Å². The molecule has 0 aromatic heterocycles. The maximum atomic E-state index is 13.9. The molecule has 1 N–H and O–H groups in total. The van der Waals surface area contributed by atoms with E-state index in [-0.39, 0.29) is 18.7 Å². The van der Waals surface area contributed by atoms with Gasteiger partial charge < -0.3 is 5.32 Å². The van der Waals surface area contributed by atoms with E-state index in [0.717, 1.165) is 21.5 Å². The van der Waals surface area contributed by atoms with Gasteiger partial charge in [0.15, 0.2) is 17.5 Å². The minimum atomic E-state index is -3.73. The van der Waals surface area contributed by atoms with Crippen molar-refractivity contribution in [3.63, 3.8) is 0 Å². The van der Waals surface area contributed by atoms with E-state index in [1.807, 2.05) is 0 Å². The number of halogens is 3. The molecule has 0 fully saturated rings. The Balaban J connectivity index is 1.95. The molecule has 2 aromatic rings. The molecular weight excluding hydrogens is 381 g/mol. The molecule has 1 amide bonds. The molecule has 9 heteroatoms. The molecule has 3 rings (SSSR count). The molecule has 2 aromatic carbocycles. The van der Waals surface area contributed by atoms with Crippen LogP contribution in [0.4, 0.5) is 18.9 Å². The fourth-order valence-electron chi connectivity index (χ4n) is 3.02. The van der Waals surface area contributed by atoms with Crippen LogP contribution in [0.1, 0.15) is 18.1 Å². The summed E-state index contributed by atoms with van der Waals surface area (Å²) in [5.74, 6) is -5.65. The Morgan fingerprint density at radius 1 is 1.11 bits per heavy atom. The van der Waals surface area contributed by atoms with Crippen LogP contribution in [-0.2, 0) is 27.8 Å². The van der Waals surface area contributed by atoms with Gasteiger partial charge >= 0.3 is 0 Å². The number of nitrogens with one attached hydrogen (secondary N) is 1. The van der Waals surface area contributed by atoms with Crippen molar-refractivity contribution in [1.82, 2.24) is 4.31 Å². The van der Waals surface area contributed by atoms with E-state index in [1.165, 1.54) is 6.92 Å². The van der Waals surface area contributed by atoms with E-state index < -0.39 is 45.1 Å². The molecule has 0 saturated heterocycles. The Bertz CT molecular complexity index is 995. The van der Waals surface area contributed by atoms with Crippen molar-refractivity contribution in [1.29, 1.82) is 0 Å². The Kier molecular flexibility index (Phi) is 5.25. The van der Waals surface area contributed by atoms with Crippen molar-refractivity contribution >= 4 is 21.6 Å². The highest BCUT2D eigenvalue weighted by atomic mass is 32.2. The summed E-state index contributed by atoms with van der Waals surface area (Å²) in [7, 11) is -3.73. The molecule has 0 saturated carbocycles. The highest BCUT2D eigenvalue weighted by Gasteiger charge is 2.38. The predicted molar refractivity (Wildman–Crippen MR) is 93.9 cm³/mol. The van der Waals surface area contributed by atoms with E-state index in [4.69, 9.17) is 0 Å². The van der Waals surface area contributed by atoms with Gasteiger partial charge in [-0.05, 0) is 36.6 Å². The first kappa shape index (κ1) is 19.4. The van der Waals surface area contributed by atoms with Crippen LogP contribution in [0, 0.1) is 17.5 Å². The third kappa shape index (κ3) is 3.70. The molecular formula is C18H17F3N2O3S. The minimum Gasteiger partial charge on any atom is -0.322 e. The fraction of sp³-hybridized carbons (Fsp3) is 0.278. The molecule has 0 unspecified atom stereocenters. The Morgan fingerprint density at radius 2 is 1.78 bits per heavy atom. The first-order valence-corrected chi connectivity index (χ1v) is 9.86. The highest BCUT2D eigenvalue weighted by Crippen LogP contribution is 2.28. The minimum absolute atomic E-state index is 0.00466. The summed E-state index contributed by atoms with van der Waals surface area (Å²) in [5, 5.41) is 2.18. The van der Waals surface area contributed by atoms with Crippen molar-refractivity contribution in [2.45, 2.75) is 25.9 Å². The monoisotopic (exact) mass is 398 g/mol. The number of rotatable bonds is 4. The molecule has 1 aliphatic heterocycles. The average Bonchev–Trinajstić information content (AvgIpc) is 2.67. The number of sulfonamides is 1. The van der Waals surface area contributed by atoms with Gasteiger partial charge in [-0.25, -0.2) is 21.6 Å². The van der Waals surface area contributed by atoms with Crippen LogP contribution < -0.4 is 5.32 Å². The van der Waals surface area contributed by atoms with E-state index in [9.17, 15) is 26.4 Å². The first-order chi connectivity index (χ1) is 12.7. The van der Waals surface area contributed by atoms with Crippen LogP contribution >= 0.6 is 0 Å². The SMILES string of the molecule is CCS(=O)(=O)N1Cc2ccccc2C[C@H]1C(=O)Nc1ccc(F)c(F)c1F. The molecule has 0 spiro atoms. The number of amides is 1. The van der Waals surface area contributed by atoms with Crippen LogP contribution in [-0.4, -0.2) is 30.4 Å². The lowest BCUT2D eigenvalue weighted by atomic mass is 9.95. The number of hydrogen-bond donors (Lipinski definition) is 1. The van der Waals surface area contributed by atoms with E-state index in [2.05, 4.69) is 5.32 Å². The molecule has 1 heterocycles. The summed E-state index contributed by atoms with van der Waals surface area (Å²) in [5.41, 5.74) is 1.02. The summed E-state index contributed by atoms with van der Waals surface area (Å²) >= 11 is 0. The van der Waals surface area contributed by atoms with Crippen molar-refractivity contribution in [2.24, 2.45) is 0 Å². The van der Waals surface area contributed by atoms with E-state index >= 15 is 0 Å². The summed E-state index contributed by atoms with van der Waals surface area (Å²) in [6.45, 7) is 1.46. The van der Waals surface area contributed by atoms with Crippen LogP contribution in [0.25, 0.3) is 0 Å². The Hall–Kier alpha value is -2.39. The van der Waals surface area contributed by atoms with Crippen molar-refractivity contribution in [3.05, 3.63) is 65.0 Å². The lowest BCUT2D eigenvalue weighted by Gasteiger charge is -2.34. The second kappa shape index (κ2) is 7.32. The first-order valence-electron chi connectivity index (χ1n) is 8.25. The number of anilines is 1. The number of carbonyl (C=O) groups is 1. The summed E-state index contributed by atoms with van der Waals surface area (Å²) in [6, 6.07) is 7.54. The fourth-order valence-corrected chi connectivity index (χ4v) is 4.24. The third-order valence-electron chi connectivity index (χ3n) is 4.52. The van der Waals surface area contributed by atoms with Crippen LogP contribution in [0.15, 0.2) is 36.4 Å².